The number of hydrogen-bond acceptors (Lipinski definition) is 2. The van der Waals surface area contributed by atoms with Gasteiger partial charge in [0.2, 0.25) is 0 Å². The Morgan fingerprint density at radius 2 is 1.78 bits per heavy atom. The number of benzene rings is 1. The van der Waals surface area contributed by atoms with Gasteiger partial charge in [0.25, 0.3) is 0 Å². The molecule has 94 valence electrons. The van der Waals surface area contributed by atoms with Crippen molar-refractivity contribution in [2.24, 2.45) is 5.73 Å². The molecule has 2 aromatic rings. The van der Waals surface area contributed by atoms with Crippen molar-refractivity contribution in [2.75, 3.05) is 0 Å². The molecule has 0 saturated heterocycles. The Morgan fingerprint density at radius 3 is 2.39 bits per heavy atom. The average molecular weight is 261 g/mol. The van der Waals surface area contributed by atoms with Crippen molar-refractivity contribution in [3.63, 3.8) is 0 Å². The first-order valence-electron chi connectivity index (χ1n) is 6.00. The monoisotopic (exact) mass is 260 g/mol. The summed E-state index contributed by atoms with van der Waals surface area (Å²) in [6, 6.07) is 9.91. The van der Waals surface area contributed by atoms with Crippen LogP contribution < -0.4 is 5.73 Å². The highest BCUT2D eigenvalue weighted by atomic mass is 35.5. The predicted molar refractivity (Wildman–Crippen MR) is 75.8 cm³/mol. The van der Waals surface area contributed by atoms with E-state index < -0.39 is 0 Å². The third-order valence-electron chi connectivity index (χ3n) is 3.22. The largest absolute Gasteiger partial charge is 0.323 e. The van der Waals surface area contributed by atoms with Gasteiger partial charge < -0.3 is 5.73 Å². The van der Waals surface area contributed by atoms with E-state index in [1.165, 1.54) is 5.56 Å². The van der Waals surface area contributed by atoms with Crippen molar-refractivity contribution in [1.82, 2.24) is 4.98 Å². The minimum absolute atomic E-state index is 0.0650. The summed E-state index contributed by atoms with van der Waals surface area (Å²) in [4.78, 5) is 4.03. The number of halogens is 1. The summed E-state index contributed by atoms with van der Waals surface area (Å²) in [5.41, 5.74) is 9.73. The molecule has 2 nitrogen and oxygen atoms in total. The first-order chi connectivity index (χ1) is 8.58. The fourth-order valence-corrected chi connectivity index (χ4v) is 2.42. The fraction of sp³-hybridized carbons (Fsp3) is 0.267. The van der Waals surface area contributed by atoms with Gasteiger partial charge in [0.1, 0.15) is 0 Å². The van der Waals surface area contributed by atoms with Crippen LogP contribution in [0, 0.1) is 6.92 Å². The Morgan fingerprint density at radius 1 is 1.11 bits per heavy atom. The Kier molecular flexibility index (Phi) is 4.00. The molecule has 0 saturated carbocycles. The molecular weight excluding hydrogens is 244 g/mol. The Balaban J connectivity index is 2.28. The van der Waals surface area contributed by atoms with Crippen molar-refractivity contribution < 1.29 is 0 Å². The second kappa shape index (κ2) is 5.51. The Bertz CT molecular complexity index is 505. The van der Waals surface area contributed by atoms with E-state index in [0.29, 0.717) is 0 Å². The lowest BCUT2D eigenvalue weighted by molar-refractivity contribution is 0.597. The number of nitrogens with two attached hydrogens (primary N) is 1. The molecule has 0 bridgehead atoms. The average Bonchev–Trinajstić information content (AvgIpc) is 2.37. The van der Waals surface area contributed by atoms with Crippen molar-refractivity contribution in [3.05, 3.63) is 64.4 Å². The van der Waals surface area contributed by atoms with Gasteiger partial charge in [-0.2, -0.15) is 0 Å². The molecule has 0 amide bonds. The van der Waals surface area contributed by atoms with Crippen LogP contribution in [0.2, 0.25) is 5.02 Å². The van der Waals surface area contributed by atoms with Gasteiger partial charge in [0.15, 0.2) is 0 Å². The standard InChI is InChI=1S/C15H17ClN2/c1-10-7-13(9-14(16)8-10)15(17)11(2)12-3-5-18-6-4-12/h3-9,11,15H,17H2,1-2H3. The molecule has 2 unspecified atom stereocenters. The van der Waals surface area contributed by atoms with Crippen molar-refractivity contribution in [1.29, 1.82) is 0 Å². The maximum Gasteiger partial charge on any atom is 0.0411 e. The first-order valence-corrected chi connectivity index (χ1v) is 6.38. The van der Waals surface area contributed by atoms with E-state index in [0.717, 1.165) is 16.1 Å². The van der Waals surface area contributed by atoms with Gasteiger partial charge >= 0.3 is 0 Å². The maximum atomic E-state index is 6.33. The topological polar surface area (TPSA) is 38.9 Å². The summed E-state index contributed by atoms with van der Waals surface area (Å²) in [7, 11) is 0. The number of aromatic nitrogens is 1. The third-order valence-corrected chi connectivity index (χ3v) is 3.44. The van der Waals surface area contributed by atoms with E-state index in [4.69, 9.17) is 17.3 Å². The molecule has 2 atom stereocenters. The molecule has 1 aromatic heterocycles. The number of aryl methyl sites for hydroxylation is 1. The summed E-state index contributed by atoms with van der Waals surface area (Å²) in [6.45, 7) is 4.15. The second-order valence-electron chi connectivity index (χ2n) is 4.66. The molecule has 2 N–H and O–H groups in total. The van der Waals surface area contributed by atoms with E-state index in [9.17, 15) is 0 Å². The lowest BCUT2D eigenvalue weighted by Gasteiger charge is -2.21. The normalized spacial score (nSPS) is 14.2. The zero-order chi connectivity index (χ0) is 13.1. The summed E-state index contributed by atoms with van der Waals surface area (Å²) in [6.07, 6.45) is 3.59. The predicted octanol–water partition coefficient (Wildman–Crippen LogP) is 3.85. The number of hydrogen-bond donors (Lipinski definition) is 1. The molecule has 0 radical (unpaired) electrons. The van der Waals surface area contributed by atoms with Crippen LogP contribution in [0.3, 0.4) is 0 Å². The summed E-state index contributed by atoms with van der Waals surface area (Å²) in [5, 5.41) is 0.738. The number of nitrogens with zero attached hydrogens (tertiary/aromatic N) is 1. The zero-order valence-corrected chi connectivity index (χ0v) is 11.4. The third kappa shape index (κ3) is 2.89. The molecule has 0 aliphatic rings. The molecule has 0 fully saturated rings. The minimum atomic E-state index is -0.0650. The lowest BCUT2D eigenvalue weighted by Crippen LogP contribution is -2.17. The van der Waals surface area contributed by atoms with Crippen molar-refractivity contribution in [2.45, 2.75) is 25.8 Å². The number of pyridine rings is 1. The van der Waals surface area contributed by atoms with Crippen LogP contribution >= 0.6 is 11.6 Å². The van der Waals surface area contributed by atoms with E-state index in [1.54, 1.807) is 12.4 Å². The lowest BCUT2D eigenvalue weighted by atomic mass is 9.89. The minimum Gasteiger partial charge on any atom is -0.323 e. The van der Waals surface area contributed by atoms with Crippen LogP contribution in [0.4, 0.5) is 0 Å². The highest BCUT2D eigenvalue weighted by molar-refractivity contribution is 6.30. The fourth-order valence-electron chi connectivity index (χ4n) is 2.12. The Labute approximate surface area is 113 Å². The molecular formula is C15H17ClN2. The molecule has 1 heterocycles. The van der Waals surface area contributed by atoms with Gasteiger partial charge in [0.05, 0.1) is 0 Å². The molecule has 2 rings (SSSR count). The van der Waals surface area contributed by atoms with Gasteiger partial charge in [-0.15, -0.1) is 0 Å². The maximum absolute atomic E-state index is 6.33. The van der Waals surface area contributed by atoms with Gasteiger partial charge in [-0.25, -0.2) is 0 Å². The molecule has 0 aliphatic heterocycles. The highest BCUT2D eigenvalue weighted by Crippen LogP contribution is 2.30. The SMILES string of the molecule is Cc1cc(Cl)cc(C(N)C(C)c2ccncc2)c1. The molecule has 3 heteroatoms. The summed E-state index contributed by atoms with van der Waals surface area (Å²) >= 11 is 6.08. The van der Waals surface area contributed by atoms with E-state index >= 15 is 0 Å². The van der Waals surface area contributed by atoms with Crippen LogP contribution in [0.15, 0.2) is 42.7 Å². The summed E-state index contributed by atoms with van der Waals surface area (Å²) < 4.78 is 0. The van der Waals surface area contributed by atoms with E-state index in [1.807, 2.05) is 31.2 Å². The van der Waals surface area contributed by atoms with Crippen LogP contribution in [0.5, 0.6) is 0 Å². The van der Waals surface area contributed by atoms with Crippen molar-refractivity contribution in [3.8, 4) is 0 Å². The van der Waals surface area contributed by atoms with Crippen molar-refractivity contribution >= 4 is 11.6 Å². The smallest absolute Gasteiger partial charge is 0.0411 e. The van der Waals surface area contributed by atoms with Crippen LogP contribution in [-0.4, -0.2) is 4.98 Å². The summed E-state index contributed by atoms with van der Waals surface area (Å²) in [5.74, 6) is 0.228. The molecule has 0 aliphatic carbocycles. The van der Waals surface area contributed by atoms with Crippen LogP contribution in [0.1, 0.15) is 35.6 Å². The van der Waals surface area contributed by atoms with Gasteiger partial charge in [-0.05, 0) is 47.9 Å². The van der Waals surface area contributed by atoms with Gasteiger partial charge in [0, 0.05) is 29.4 Å². The second-order valence-corrected chi connectivity index (χ2v) is 5.09. The zero-order valence-electron chi connectivity index (χ0n) is 10.6. The molecule has 0 spiro atoms. The highest BCUT2D eigenvalue weighted by Gasteiger charge is 2.17. The van der Waals surface area contributed by atoms with Gasteiger partial charge in [-0.1, -0.05) is 24.6 Å². The number of rotatable bonds is 3. The quantitative estimate of drug-likeness (QED) is 0.911. The van der Waals surface area contributed by atoms with Crippen LogP contribution in [-0.2, 0) is 0 Å². The van der Waals surface area contributed by atoms with E-state index in [-0.39, 0.29) is 12.0 Å². The van der Waals surface area contributed by atoms with E-state index in [2.05, 4.69) is 18.0 Å². The molecule has 18 heavy (non-hydrogen) atoms. The van der Waals surface area contributed by atoms with Gasteiger partial charge in [-0.3, -0.25) is 4.98 Å². The Hall–Kier alpha value is -1.38. The molecule has 1 aromatic carbocycles. The van der Waals surface area contributed by atoms with Crippen LogP contribution in [0.25, 0.3) is 0 Å². The first kappa shape index (κ1) is 13.1.